The lowest BCUT2D eigenvalue weighted by Gasteiger charge is -2.14. The molecule has 7 nitrogen and oxygen atoms in total. The van der Waals surface area contributed by atoms with Crippen LogP contribution in [0.2, 0.25) is 0 Å². The van der Waals surface area contributed by atoms with Crippen molar-refractivity contribution in [2.24, 2.45) is 0 Å². The van der Waals surface area contributed by atoms with Gasteiger partial charge in [-0.3, -0.25) is 19.0 Å². The lowest BCUT2D eigenvalue weighted by Crippen LogP contribution is -2.33. The molecule has 0 saturated carbocycles. The summed E-state index contributed by atoms with van der Waals surface area (Å²) in [6.45, 7) is 3.67. The van der Waals surface area contributed by atoms with Crippen molar-refractivity contribution in [1.29, 1.82) is 0 Å². The van der Waals surface area contributed by atoms with Crippen LogP contribution in [0.3, 0.4) is 0 Å². The number of para-hydroxylation sites is 1. The van der Waals surface area contributed by atoms with Gasteiger partial charge in [-0.2, -0.15) is 8.42 Å². The third kappa shape index (κ3) is 3.32. The topological polar surface area (TPSA) is 95.0 Å². The van der Waals surface area contributed by atoms with Crippen LogP contribution in [-0.2, 0) is 19.7 Å². The van der Waals surface area contributed by atoms with E-state index in [1.807, 2.05) is 0 Å². The standard InChI is InChI=1S/C16H14N2O5S3/c1-2-7-17-11-6-4-3-5-10(11)12(14(17)19)13-15(20)18(16(24)25-13)8-9-26(21,22)23/h2-6H,1,7-9H2,(H,21,22,23). The predicted octanol–water partition coefficient (Wildman–Crippen LogP) is 1.68. The highest BCUT2D eigenvalue weighted by Crippen LogP contribution is 2.44. The van der Waals surface area contributed by atoms with Gasteiger partial charge < -0.3 is 4.90 Å². The molecule has 0 unspecified atom stereocenters. The summed E-state index contributed by atoms with van der Waals surface area (Å²) in [5, 5.41) is 0. The van der Waals surface area contributed by atoms with E-state index < -0.39 is 21.8 Å². The predicted molar refractivity (Wildman–Crippen MR) is 104 cm³/mol. The molecule has 0 radical (unpaired) electrons. The van der Waals surface area contributed by atoms with Crippen molar-refractivity contribution in [2.45, 2.75) is 0 Å². The fourth-order valence-corrected chi connectivity index (χ4v) is 4.55. The Labute approximate surface area is 160 Å². The summed E-state index contributed by atoms with van der Waals surface area (Å²) in [4.78, 5) is 28.4. The van der Waals surface area contributed by atoms with Crippen molar-refractivity contribution >= 4 is 61.5 Å². The number of carbonyl (C=O) groups is 2. The molecule has 26 heavy (non-hydrogen) atoms. The SMILES string of the molecule is C=CCN1C(=O)C(=C2SC(=S)N(CCS(=O)(=O)O)C2=O)c2ccccc21. The van der Waals surface area contributed by atoms with Crippen LogP contribution in [0.25, 0.3) is 5.57 Å². The van der Waals surface area contributed by atoms with Crippen LogP contribution in [0, 0.1) is 0 Å². The highest BCUT2D eigenvalue weighted by molar-refractivity contribution is 8.26. The monoisotopic (exact) mass is 410 g/mol. The molecule has 1 fully saturated rings. The number of rotatable bonds is 5. The molecule has 1 aromatic carbocycles. The van der Waals surface area contributed by atoms with E-state index in [1.54, 1.807) is 30.3 Å². The van der Waals surface area contributed by atoms with Crippen LogP contribution in [0.4, 0.5) is 5.69 Å². The first kappa shape index (κ1) is 18.8. The zero-order chi connectivity index (χ0) is 19.1. The molecule has 3 rings (SSSR count). The van der Waals surface area contributed by atoms with Crippen molar-refractivity contribution in [3.8, 4) is 0 Å². The first-order valence-electron chi connectivity index (χ1n) is 7.50. The minimum atomic E-state index is -4.24. The van der Waals surface area contributed by atoms with Gasteiger partial charge in [0.2, 0.25) is 0 Å². The Bertz CT molecular complexity index is 968. The van der Waals surface area contributed by atoms with Crippen molar-refractivity contribution in [3.05, 3.63) is 47.4 Å². The molecular formula is C16H14N2O5S3. The number of benzene rings is 1. The third-order valence-electron chi connectivity index (χ3n) is 3.88. The molecule has 2 heterocycles. The number of carbonyl (C=O) groups excluding carboxylic acids is 2. The van der Waals surface area contributed by atoms with Gasteiger partial charge in [0.1, 0.15) is 4.32 Å². The van der Waals surface area contributed by atoms with Gasteiger partial charge in [-0.15, -0.1) is 6.58 Å². The zero-order valence-electron chi connectivity index (χ0n) is 13.4. The van der Waals surface area contributed by atoms with E-state index in [0.29, 0.717) is 17.8 Å². The van der Waals surface area contributed by atoms with Gasteiger partial charge in [-0.1, -0.05) is 48.3 Å². The maximum Gasteiger partial charge on any atom is 0.267 e. The average Bonchev–Trinajstić information content (AvgIpc) is 3.00. The molecule has 136 valence electrons. The molecule has 2 amide bonds. The van der Waals surface area contributed by atoms with Gasteiger partial charge >= 0.3 is 0 Å². The second-order valence-electron chi connectivity index (χ2n) is 5.54. The third-order valence-corrected chi connectivity index (χ3v) is 6.03. The van der Waals surface area contributed by atoms with E-state index in [2.05, 4.69) is 6.58 Å². The molecule has 10 heteroatoms. The van der Waals surface area contributed by atoms with Crippen LogP contribution >= 0.6 is 24.0 Å². The van der Waals surface area contributed by atoms with Crippen LogP contribution in [0.1, 0.15) is 5.56 Å². The van der Waals surface area contributed by atoms with Crippen LogP contribution in [0.5, 0.6) is 0 Å². The van der Waals surface area contributed by atoms with Crippen LogP contribution in [-0.4, -0.2) is 52.8 Å². The molecule has 0 spiro atoms. The minimum Gasteiger partial charge on any atom is -0.304 e. The lowest BCUT2D eigenvalue weighted by atomic mass is 10.1. The number of amides is 2. The normalized spacial score (nSPS) is 20.1. The Morgan fingerprint density at radius 1 is 1.19 bits per heavy atom. The number of thiocarbonyl (C=S) groups is 1. The molecular weight excluding hydrogens is 396 g/mol. The smallest absolute Gasteiger partial charge is 0.267 e. The van der Waals surface area contributed by atoms with E-state index in [-0.39, 0.29) is 27.3 Å². The first-order valence-corrected chi connectivity index (χ1v) is 10.3. The molecule has 0 bridgehead atoms. The molecule has 0 atom stereocenters. The van der Waals surface area contributed by atoms with E-state index in [4.69, 9.17) is 16.8 Å². The number of fused-ring (bicyclic) bond motifs is 1. The number of nitrogens with zero attached hydrogens (tertiary/aromatic N) is 2. The summed E-state index contributed by atoms with van der Waals surface area (Å²) < 4.78 is 31.0. The number of thioether (sulfide) groups is 1. The summed E-state index contributed by atoms with van der Waals surface area (Å²) >= 11 is 6.11. The Kier molecular flexibility index (Phi) is 5.02. The maximum absolute atomic E-state index is 12.9. The number of hydrogen-bond donors (Lipinski definition) is 1. The van der Waals surface area contributed by atoms with Crippen molar-refractivity contribution in [2.75, 3.05) is 23.7 Å². The highest BCUT2D eigenvalue weighted by Gasteiger charge is 2.41. The molecule has 2 aliphatic heterocycles. The van der Waals surface area contributed by atoms with Crippen molar-refractivity contribution in [1.82, 2.24) is 4.90 Å². The van der Waals surface area contributed by atoms with Crippen LogP contribution < -0.4 is 4.90 Å². The summed E-state index contributed by atoms with van der Waals surface area (Å²) in [5.41, 5.74) is 1.54. The van der Waals surface area contributed by atoms with E-state index in [1.165, 1.54) is 4.90 Å². The summed E-state index contributed by atoms with van der Waals surface area (Å²) in [7, 11) is -4.24. The summed E-state index contributed by atoms with van der Waals surface area (Å²) in [6, 6.07) is 7.09. The Balaban J connectivity index is 2.03. The molecule has 1 N–H and O–H groups in total. The second kappa shape index (κ2) is 6.95. The Morgan fingerprint density at radius 3 is 2.54 bits per heavy atom. The molecule has 2 aliphatic rings. The van der Waals surface area contributed by atoms with E-state index in [0.717, 1.165) is 16.7 Å². The van der Waals surface area contributed by atoms with E-state index >= 15 is 0 Å². The number of anilines is 1. The zero-order valence-corrected chi connectivity index (χ0v) is 15.9. The molecule has 1 saturated heterocycles. The summed E-state index contributed by atoms with van der Waals surface area (Å²) in [6.07, 6.45) is 1.59. The number of hydrogen-bond acceptors (Lipinski definition) is 6. The van der Waals surface area contributed by atoms with Gasteiger partial charge in [-0.05, 0) is 6.07 Å². The largest absolute Gasteiger partial charge is 0.304 e. The fourth-order valence-electron chi connectivity index (χ4n) is 2.76. The molecule has 0 aromatic heterocycles. The van der Waals surface area contributed by atoms with Crippen molar-refractivity contribution in [3.63, 3.8) is 0 Å². The van der Waals surface area contributed by atoms with Gasteiger partial charge in [0.15, 0.2) is 0 Å². The fraction of sp³-hybridized carbons (Fsp3) is 0.188. The maximum atomic E-state index is 12.9. The van der Waals surface area contributed by atoms with Gasteiger partial charge in [0.25, 0.3) is 21.9 Å². The first-order chi connectivity index (χ1) is 12.2. The minimum absolute atomic E-state index is 0.147. The quantitative estimate of drug-likeness (QED) is 0.341. The van der Waals surface area contributed by atoms with Gasteiger partial charge in [0, 0.05) is 18.7 Å². The average molecular weight is 410 g/mol. The van der Waals surface area contributed by atoms with Crippen molar-refractivity contribution < 1.29 is 22.6 Å². The van der Waals surface area contributed by atoms with Gasteiger partial charge in [0.05, 0.1) is 21.9 Å². The van der Waals surface area contributed by atoms with Crippen LogP contribution in [0.15, 0.2) is 41.8 Å². The lowest BCUT2D eigenvalue weighted by molar-refractivity contribution is -0.122. The summed E-state index contributed by atoms with van der Waals surface area (Å²) in [5.74, 6) is -1.50. The Hall–Kier alpha value is -2.01. The second-order valence-corrected chi connectivity index (χ2v) is 8.75. The highest BCUT2D eigenvalue weighted by atomic mass is 32.2. The molecule has 0 aliphatic carbocycles. The van der Waals surface area contributed by atoms with E-state index in [9.17, 15) is 18.0 Å². The Morgan fingerprint density at radius 2 is 1.88 bits per heavy atom. The van der Waals surface area contributed by atoms with Gasteiger partial charge in [-0.25, -0.2) is 0 Å². The molecule has 1 aromatic rings.